The number of likely N-dealkylation sites (N-methyl/N-ethyl adjacent to an activating group) is 2. The standard InChI is InChI=1S/C11H23N3O/c1-12-7-6-11(15)14(3)9-10-5-4-8-13(10)2/h10,12H,4-9H2,1-3H3. The Hall–Kier alpha value is -0.610. The third-order valence-electron chi connectivity index (χ3n) is 3.17. The van der Waals surface area contributed by atoms with E-state index in [9.17, 15) is 4.79 Å². The second-order valence-corrected chi connectivity index (χ2v) is 4.40. The molecule has 4 heteroatoms. The predicted molar refractivity (Wildman–Crippen MR) is 61.8 cm³/mol. The zero-order chi connectivity index (χ0) is 11.3. The summed E-state index contributed by atoms with van der Waals surface area (Å²) in [4.78, 5) is 15.9. The highest BCUT2D eigenvalue weighted by Crippen LogP contribution is 2.15. The first-order valence-corrected chi connectivity index (χ1v) is 5.74. The van der Waals surface area contributed by atoms with Gasteiger partial charge in [0.1, 0.15) is 0 Å². The van der Waals surface area contributed by atoms with Crippen LogP contribution in [0, 0.1) is 0 Å². The topological polar surface area (TPSA) is 35.6 Å². The van der Waals surface area contributed by atoms with Gasteiger partial charge >= 0.3 is 0 Å². The molecule has 1 saturated heterocycles. The largest absolute Gasteiger partial charge is 0.344 e. The molecule has 1 atom stereocenters. The van der Waals surface area contributed by atoms with Gasteiger partial charge in [-0.1, -0.05) is 0 Å². The molecular weight excluding hydrogens is 190 g/mol. The molecule has 15 heavy (non-hydrogen) atoms. The molecule has 1 rings (SSSR count). The number of nitrogens with one attached hydrogen (secondary N) is 1. The van der Waals surface area contributed by atoms with Crippen LogP contribution in [0.1, 0.15) is 19.3 Å². The number of hydrogen-bond donors (Lipinski definition) is 1. The molecule has 4 nitrogen and oxygen atoms in total. The average Bonchev–Trinajstić information content (AvgIpc) is 2.61. The smallest absolute Gasteiger partial charge is 0.223 e. The van der Waals surface area contributed by atoms with E-state index in [0.29, 0.717) is 12.5 Å². The number of carbonyl (C=O) groups excluding carboxylic acids is 1. The Balaban J connectivity index is 2.27. The molecular formula is C11H23N3O. The third kappa shape index (κ3) is 3.80. The Morgan fingerprint density at radius 2 is 2.33 bits per heavy atom. The SMILES string of the molecule is CNCCC(=O)N(C)CC1CCCN1C. The van der Waals surface area contributed by atoms with Crippen LogP contribution in [0.2, 0.25) is 0 Å². The van der Waals surface area contributed by atoms with Gasteiger partial charge in [-0.15, -0.1) is 0 Å². The Morgan fingerprint density at radius 1 is 1.60 bits per heavy atom. The highest BCUT2D eigenvalue weighted by Gasteiger charge is 2.23. The summed E-state index contributed by atoms with van der Waals surface area (Å²) in [6.07, 6.45) is 3.09. The minimum Gasteiger partial charge on any atom is -0.344 e. The van der Waals surface area contributed by atoms with E-state index in [1.54, 1.807) is 0 Å². The fraction of sp³-hybridized carbons (Fsp3) is 0.909. The van der Waals surface area contributed by atoms with Crippen molar-refractivity contribution in [2.75, 3.05) is 40.8 Å². The molecule has 1 N–H and O–H groups in total. The van der Waals surface area contributed by atoms with Crippen LogP contribution in [0.25, 0.3) is 0 Å². The lowest BCUT2D eigenvalue weighted by Gasteiger charge is -2.25. The van der Waals surface area contributed by atoms with Crippen molar-refractivity contribution >= 4 is 5.91 Å². The Kier molecular flexibility index (Phi) is 5.05. The first kappa shape index (κ1) is 12.5. The summed E-state index contributed by atoms with van der Waals surface area (Å²) in [5, 5.41) is 3.00. The lowest BCUT2D eigenvalue weighted by Crippen LogP contribution is -2.40. The van der Waals surface area contributed by atoms with Crippen molar-refractivity contribution in [1.82, 2.24) is 15.1 Å². The second-order valence-electron chi connectivity index (χ2n) is 4.40. The zero-order valence-corrected chi connectivity index (χ0v) is 10.1. The van der Waals surface area contributed by atoms with Crippen LogP contribution in [-0.2, 0) is 4.79 Å². The summed E-state index contributed by atoms with van der Waals surface area (Å²) in [6.45, 7) is 2.81. The number of hydrogen-bond acceptors (Lipinski definition) is 3. The molecule has 0 radical (unpaired) electrons. The number of rotatable bonds is 5. The normalized spacial score (nSPS) is 21.9. The lowest BCUT2D eigenvalue weighted by molar-refractivity contribution is -0.130. The summed E-state index contributed by atoms with van der Waals surface area (Å²) in [5.41, 5.74) is 0. The molecule has 1 heterocycles. The van der Waals surface area contributed by atoms with Crippen molar-refractivity contribution < 1.29 is 4.79 Å². The van der Waals surface area contributed by atoms with Gasteiger partial charge in [-0.25, -0.2) is 0 Å². The van der Waals surface area contributed by atoms with Crippen LogP contribution in [0.3, 0.4) is 0 Å². The molecule has 1 aliphatic rings. The summed E-state index contributed by atoms with van der Waals surface area (Å²) in [5.74, 6) is 0.240. The van der Waals surface area contributed by atoms with Crippen molar-refractivity contribution in [3.05, 3.63) is 0 Å². The van der Waals surface area contributed by atoms with Gasteiger partial charge in [0, 0.05) is 32.6 Å². The Labute approximate surface area is 92.6 Å². The van der Waals surface area contributed by atoms with E-state index in [-0.39, 0.29) is 5.91 Å². The van der Waals surface area contributed by atoms with Gasteiger partial charge in [-0.05, 0) is 33.5 Å². The number of amides is 1. The molecule has 0 aromatic heterocycles. The van der Waals surface area contributed by atoms with Gasteiger partial charge in [0.05, 0.1) is 0 Å². The van der Waals surface area contributed by atoms with E-state index in [1.165, 1.54) is 19.4 Å². The summed E-state index contributed by atoms with van der Waals surface area (Å²) in [7, 11) is 5.92. The van der Waals surface area contributed by atoms with Crippen LogP contribution in [0.5, 0.6) is 0 Å². The molecule has 0 spiro atoms. The maximum Gasteiger partial charge on any atom is 0.223 e. The number of nitrogens with zero attached hydrogens (tertiary/aromatic N) is 2. The van der Waals surface area contributed by atoms with Gasteiger partial charge in [-0.2, -0.15) is 0 Å². The van der Waals surface area contributed by atoms with Crippen molar-refractivity contribution in [1.29, 1.82) is 0 Å². The fourth-order valence-corrected chi connectivity index (χ4v) is 2.05. The van der Waals surface area contributed by atoms with Gasteiger partial charge in [-0.3, -0.25) is 4.79 Å². The highest BCUT2D eigenvalue weighted by molar-refractivity contribution is 5.76. The van der Waals surface area contributed by atoms with E-state index < -0.39 is 0 Å². The number of likely N-dealkylation sites (tertiary alicyclic amines) is 1. The minimum atomic E-state index is 0.240. The van der Waals surface area contributed by atoms with Crippen LogP contribution in [-0.4, -0.2) is 62.5 Å². The summed E-state index contributed by atoms with van der Waals surface area (Å²) in [6, 6.07) is 0.563. The van der Waals surface area contributed by atoms with Crippen molar-refractivity contribution in [3.8, 4) is 0 Å². The van der Waals surface area contributed by atoms with Crippen LogP contribution >= 0.6 is 0 Å². The molecule has 88 valence electrons. The highest BCUT2D eigenvalue weighted by atomic mass is 16.2. The summed E-state index contributed by atoms with van der Waals surface area (Å²) < 4.78 is 0. The van der Waals surface area contributed by atoms with Gasteiger partial charge in [0.25, 0.3) is 0 Å². The first-order valence-electron chi connectivity index (χ1n) is 5.74. The first-order chi connectivity index (χ1) is 7.15. The van der Waals surface area contributed by atoms with Crippen molar-refractivity contribution in [2.45, 2.75) is 25.3 Å². The quantitative estimate of drug-likeness (QED) is 0.706. The second kappa shape index (κ2) is 6.08. The molecule has 1 aliphatic heterocycles. The maximum absolute atomic E-state index is 11.7. The van der Waals surface area contributed by atoms with Gasteiger partial charge in [0.15, 0.2) is 0 Å². The molecule has 0 aromatic rings. The van der Waals surface area contributed by atoms with E-state index in [1.807, 2.05) is 19.0 Å². The molecule has 0 aliphatic carbocycles. The van der Waals surface area contributed by atoms with E-state index >= 15 is 0 Å². The zero-order valence-electron chi connectivity index (χ0n) is 10.1. The molecule has 0 aromatic carbocycles. The van der Waals surface area contributed by atoms with Gasteiger partial charge in [0.2, 0.25) is 5.91 Å². The Bertz CT molecular complexity index is 208. The minimum absolute atomic E-state index is 0.240. The lowest BCUT2D eigenvalue weighted by atomic mass is 10.2. The van der Waals surface area contributed by atoms with E-state index in [4.69, 9.17) is 0 Å². The van der Waals surface area contributed by atoms with Crippen LogP contribution in [0.4, 0.5) is 0 Å². The van der Waals surface area contributed by atoms with Crippen molar-refractivity contribution in [3.63, 3.8) is 0 Å². The third-order valence-corrected chi connectivity index (χ3v) is 3.17. The molecule has 0 saturated carbocycles. The molecule has 1 amide bonds. The fourth-order valence-electron chi connectivity index (χ4n) is 2.05. The average molecular weight is 213 g/mol. The molecule has 1 fully saturated rings. The summed E-state index contributed by atoms with van der Waals surface area (Å²) >= 11 is 0. The van der Waals surface area contributed by atoms with E-state index in [0.717, 1.165) is 13.1 Å². The van der Waals surface area contributed by atoms with Crippen LogP contribution in [0.15, 0.2) is 0 Å². The molecule has 0 bridgehead atoms. The monoisotopic (exact) mass is 213 g/mol. The van der Waals surface area contributed by atoms with Crippen LogP contribution < -0.4 is 5.32 Å². The maximum atomic E-state index is 11.7. The predicted octanol–water partition coefficient (Wildman–Crippen LogP) is 0.149. The molecule has 1 unspecified atom stereocenters. The van der Waals surface area contributed by atoms with Crippen molar-refractivity contribution in [2.24, 2.45) is 0 Å². The Morgan fingerprint density at radius 3 is 2.87 bits per heavy atom. The van der Waals surface area contributed by atoms with E-state index in [2.05, 4.69) is 17.3 Å². The number of carbonyl (C=O) groups is 1. The van der Waals surface area contributed by atoms with Gasteiger partial charge < -0.3 is 15.1 Å².